The van der Waals surface area contributed by atoms with Crippen LogP contribution in [0.5, 0.6) is 0 Å². The van der Waals surface area contributed by atoms with Crippen molar-refractivity contribution in [2.75, 3.05) is 0 Å². The van der Waals surface area contributed by atoms with Crippen LogP contribution in [0, 0.1) is 5.82 Å². The molecule has 1 aliphatic rings. The SMILES string of the molecule is CCCC[C@H](N)C(=O)N(Cc1c(F)cccc1Cl)C1CC1. The summed E-state index contributed by atoms with van der Waals surface area (Å²) < 4.78 is 13.9. The number of hydrogen-bond acceptors (Lipinski definition) is 2. The quantitative estimate of drug-likeness (QED) is 0.837. The van der Waals surface area contributed by atoms with E-state index in [-0.39, 0.29) is 24.3 Å². The third-order valence-electron chi connectivity index (χ3n) is 3.85. The number of amides is 1. The molecule has 1 fully saturated rings. The summed E-state index contributed by atoms with van der Waals surface area (Å²) in [5.41, 5.74) is 6.36. The van der Waals surface area contributed by atoms with Crippen molar-refractivity contribution in [3.63, 3.8) is 0 Å². The van der Waals surface area contributed by atoms with E-state index in [1.165, 1.54) is 6.07 Å². The van der Waals surface area contributed by atoms with Gasteiger partial charge < -0.3 is 10.6 Å². The lowest BCUT2D eigenvalue weighted by Gasteiger charge is -2.26. The second-order valence-corrected chi connectivity index (χ2v) is 6.05. The third kappa shape index (κ3) is 4.17. The molecular formula is C16H22ClFN2O. The van der Waals surface area contributed by atoms with Gasteiger partial charge in [0.05, 0.1) is 12.6 Å². The Balaban J connectivity index is 2.11. The predicted octanol–water partition coefficient (Wildman–Crippen LogP) is 3.49. The molecule has 5 heteroatoms. The highest BCUT2D eigenvalue weighted by Gasteiger charge is 2.35. The monoisotopic (exact) mass is 312 g/mol. The Morgan fingerprint density at radius 2 is 2.24 bits per heavy atom. The topological polar surface area (TPSA) is 46.3 Å². The number of benzene rings is 1. The van der Waals surface area contributed by atoms with Gasteiger partial charge in [0.15, 0.2) is 0 Å². The van der Waals surface area contributed by atoms with Gasteiger partial charge in [-0.3, -0.25) is 4.79 Å². The Kier molecular flexibility index (Phi) is 5.59. The Morgan fingerprint density at radius 3 is 2.81 bits per heavy atom. The maximum Gasteiger partial charge on any atom is 0.240 e. The molecule has 0 spiro atoms. The van der Waals surface area contributed by atoms with Crippen molar-refractivity contribution < 1.29 is 9.18 Å². The molecule has 0 bridgehead atoms. The van der Waals surface area contributed by atoms with Crippen molar-refractivity contribution in [2.45, 2.75) is 57.7 Å². The highest BCUT2D eigenvalue weighted by Crippen LogP contribution is 2.31. The molecule has 0 heterocycles. The molecule has 1 amide bonds. The van der Waals surface area contributed by atoms with Crippen molar-refractivity contribution in [1.29, 1.82) is 0 Å². The van der Waals surface area contributed by atoms with Crippen LogP contribution in [0.15, 0.2) is 18.2 Å². The molecule has 0 aliphatic heterocycles. The zero-order valence-corrected chi connectivity index (χ0v) is 13.1. The largest absolute Gasteiger partial charge is 0.334 e. The van der Waals surface area contributed by atoms with E-state index in [9.17, 15) is 9.18 Å². The minimum Gasteiger partial charge on any atom is -0.334 e. The number of halogens is 2. The lowest BCUT2D eigenvalue weighted by Crippen LogP contribution is -2.44. The van der Waals surface area contributed by atoms with Gasteiger partial charge in [-0.15, -0.1) is 0 Å². The number of carbonyl (C=O) groups is 1. The van der Waals surface area contributed by atoms with E-state index in [2.05, 4.69) is 6.92 Å². The first kappa shape index (κ1) is 16.2. The summed E-state index contributed by atoms with van der Waals surface area (Å²) in [4.78, 5) is 14.2. The van der Waals surface area contributed by atoms with E-state index in [0.29, 0.717) is 17.0 Å². The highest BCUT2D eigenvalue weighted by molar-refractivity contribution is 6.31. The van der Waals surface area contributed by atoms with Crippen LogP contribution in [0.1, 0.15) is 44.6 Å². The Labute approximate surface area is 130 Å². The molecule has 1 aromatic carbocycles. The fraction of sp³-hybridized carbons (Fsp3) is 0.562. The van der Waals surface area contributed by atoms with Crippen molar-refractivity contribution in [3.8, 4) is 0 Å². The van der Waals surface area contributed by atoms with Crippen LogP contribution in [0.3, 0.4) is 0 Å². The van der Waals surface area contributed by atoms with Crippen molar-refractivity contribution >= 4 is 17.5 Å². The number of nitrogens with two attached hydrogens (primary N) is 1. The van der Waals surface area contributed by atoms with Crippen molar-refractivity contribution in [3.05, 3.63) is 34.6 Å². The van der Waals surface area contributed by atoms with Gasteiger partial charge in [-0.05, 0) is 31.4 Å². The lowest BCUT2D eigenvalue weighted by atomic mass is 10.1. The van der Waals surface area contributed by atoms with E-state index >= 15 is 0 Å². The molecule has 116 valence electrons. The van der Waals surface area contributed by atoms with Crippen LogP contribution in [0.2, 0.25) is 5.02 Å². The summed E-state index contributed by atoms with van der Waals surface area (Å²) in [6.45, 7) is 2.27. The van der Waals surface area contributed by atoms with Gasteiger partial charge in [-0.25, -0.2) is 4.39 Å². The predicted molar refractivity (Wildman–Crippen MR) is 82.5 cm³/mol. The molecule has 0 saturated heterocycles. The van der Waals surface area contributed by atoms with Crippen LogP contribution in [0.25, 0.3) is 0 Å². The number of unbranched alkanes of at least 4 members (excludes halogenated alkanes) is 1. The number of hydrogen-bond donors (Lipinski definition) is 1. The molecule has 1 saturated carbocycles. The van der Waals surface area contributed by atoms with E-state index in [1.54, 1.807) is 17.0 Å². The fourth-order valence-corrected chi connectivity index (χ4v) is 2.61. The average molecular weight is 313 g/mol. The summed E-state index contributed by atoms with van der Waals surface area (Å²) >= 11 is 6.06. The molecule has 2 rings (SSSR count). The van der Waals surface area contributed by atoms with Gasteiger partial charge in [0.2, 0.25) is 5.91 Å². The minimum absolute atomic E-state index is 0.0923. The summed E-state index contributed by atoms with van der Waals surface area (Å²) in [5, 5.41) is 0.357. The maximum atomic E-state index is 13.9. The zero-order chi connectivity index (χ0) is 15.4. The Hall–Kier alpha value is -1.13. The highest BCUT2D eigenvalue weighted by atomic mass is 35.5. The molecular weight excluding hydrogens is 291 g/mol. The molecule has 0 radical (unpaired) electrons. The smallest absolute Gasteiger partial charge is 0.240 e. The van der Waals surface area contributed by atoms with Gasteiger partial charge in [0.1, 0.15) is 5.82 Å². The summed E-state index contributed by atoms with van der Waals surface area (Å²) in [5.74, 6) is -0.464. The second-order valence-electron chi connectivity index (χ2n) is 5.65. The van der Waals surface area contributed by atoms with Crippen LogP contribution in [0.4, 0.5) is 4.39 Å². The molecule has 21 heavy (non-hydrogen) atoms. The van der Waals surface area contributed by atoms with Crippen LogP contribution < -0.4 is 5.73 Å². The summed E-state index contributed by atoms with van der Waals surface area (Å²) in [7, 11) is 0. The summed E-state index contributed by atoms with van der Waals surface area (Å²) in [6.07, 6.45) is 4.51. The molecule has 1 aromatic rings. The number of rotatable bonds is 7. The van der Waals surface area contributed by atoms with Gasteiger partial charge in [-0.1, -0.05) is 37.4 Å². The van der Waals surface area contributed by atoms with Crippen molar-refractivity contribution in [2.24, 2.45) is 5.73 Å². The molecule has 3 nitrogen and oxygen atoms in total. The van der Waals surface area contributed by atoms with E-state index in [0.717, 1.165) is 25.7 Å². The molecule has 1 aliphatic carbocycles. The van der Waals surface area contributed by atoms with Crippen LogP contribution >= 0.6 is 11.6 Å². The Bertz CT molecular complexity index is 485. The minimum atomic E-state index is -0.504. The van der Waals surface area contributed by atoms with E-state index in [4.69, 9.17) is 17.3 Å². The number of nitrogens with zero attached hydrogens (tertiary/aromatic N) is 1. The van der Waals surface area contributed by atoms with Gasteiger partial charge in [0.25, 0.3) is 0 Å². The standard InChI is InChI=1S/C16H22ClFN2O/c1-2-3-7-15(19)16(21)20(11-8-9-11)10-12-13(17)5-4-6-14(12)18/h4-6,11,15H,2-3,7-10,19H2,1H3/t15-/m0/s1. The molecule has 2 N–H and O–H groups in total. The normalized spacial score (nSPS) is 15.8. The van der Waals surface area contributed by atoms with Crippen molar-refractivity contribution in [1.82, 2.24) is 4.90 Å². The fourth-order valence-electron chi connectivity index (χ4n) is 2.39. The van der Waals surface area contributed by atoms with Crippen LogP contribution in [-0.4, -0.2) is 22.9 Å². The van der Waals surface area contributed by atoms with E-state index < -0.39 is 6.04 Å². The first-order valence-corrected chi connectivity index (χ1v) is 7.91. The average Bonchev–Trinajstić information content (AvgIpc) is 3.28. The van der Waals surface area contributed by atoms with Crippen LogP contribution in [-0.2, 0) is 11.3 Å². The first-order valence-electron chi connectivity index (χ1n) is 7.53. The maximum absolute atomic E-state index is 13.9. The zero-order valence-electron chi connectivity index (χ0n) is 12.3. The lowest BCUT2D eigenvalue weighted by molar-refractivity contribution is -0.134. The first-order chi connectivity index (χ1) is 10.0. The molecule has 1 atom stereocenters. The number of carbonyl (C=O) groups excluding carboxylic acids is 1. The van der Waals surface area contributed by atoms with Gasteiger partial charge in [-0.2, -0.15) is 0 Å². The third-order valence-corrected chi connectivity index (χ3v) is 4.20. The molecule has 0 aromatic heterocycles. The second kappa shape index (κ2) is 7.23. The Morgan fingerprint density at radius 1 is 1.52 bits per heavy atom. The van der Waals surface area contributed by atoms with E-state index in [1.807, 2.05) is 0 Å². The molecule has 0 unspecified atom stereocenters. The van der Waals surface area contributed by atoms with Gasteiger partial charge >= 0.3 is 0 Å². The van der Waals surface area contributed by atoms with Gasteiger partial charge in [0, 0.05) is 16.6 Å². The summed E-state index contributed by atoms with van der Waals surface area (Å²) in [6, 6.07) is 4.26.